The van der Waals surface area contributed by atoms with Crippen LogP contribution in [0.3, 0.4) is 0 Å². The van der Waals surface area contributed by atoms with Crippen LogP contribution < -0.4 is 9.16 Å². The molecule has 0 spiro atoms. The Labute approximate surface area is 168 Å². The fourth-order valence-corrected chi connectivity index (χ4v) is 6.36. The fraction of sp³-hybridized carbons (Fsp3) is 0.667. The maximum absolute atomic E-state index is 6.24. The molecule has 10 heteroatoms. The second-order valence-electron chi connectivity index (χ2n) is 7.01. The van der Waals surface area contributed by atoms with E-state index in [9.17, 15) is 0 Å². The quantitative estimate of drug-likeness (QED) is 0.284. The van der Waals surface area contributed by atoms with Crippen molar-refractivity contribution in [3.8, 4) is 11.5 Å². The van der Waals surface area contributed by atoms with Crippen molar-refractivity contribution in [2.45, 2.75) is 31.7 Å². The summed E-state index contributed by atoms with van der Waals surface area (Å²) in [6.07, 6.45) is 1.46. The lowest BCUT2D eigenvalue weighted by molar-refractivity contribution is 0.100. The van der Waals surface area contributed by atoms with Gasteiger partial charge in [0.1, 0.15) is 17.6 Å². The zero-order chi connectivity index (χ0) is 20.0. The lowest BCUT2D eigenvalue weighted by Crippen LogP contribution is -2.49. The van der Waals surface area contributed by atoms with Gasteiger partial charge in [0, 0.05) is 39.5 Å². The molecule has 2 unspecified atom stereocenters. The highest BCUT2D eigenvalue weighted by Gasteiger charge is 2.40. The zero-order valence-corrected chi connectivity index (χ0v) is 19.0. The molecule has 0 radical (unpaired) electrons. The van der Waals surface area contributed by atoms with E-state index in [1.165, 1.54) is 0 Å². The molecular formula is C18H30O8Si2. The van der Waals surface area contributed by atoms with Crippen LogP contribution >= 0.6 is 0 Å². The molecule has 1 aromatic carbocycles. The van der Waals surface area contributed by atoms with E-state index in [-0.39, 0.29) is 6.23 Å². The number of hydrogen-bond acceptors (Lipinski definition) is 8. The third-order valence-corrected chi connectivity index (χ3v) is 9.90. The topological polar surface area (TPSA) is 77.1 Å². The molecule has 0 amide bonds. The van der Waals surface area contributed by atoms with Crippen molar-refractivity contribution in [2.75, 3.05) is 47.4 Å². The summed E-state index contributed by atoms with van der Waals surface area (Å²) in [6, 6.07) is 6.65. The molecule has 2 aliphatic rings. The van der Waals surface area contributed by atoms with Gasteiger partial charge in [0.2, 0.25) is 0 Å². The molecule has 2 atom stereocenters. The van der Waals surface area contributed by atoms with Crippen LogP contribution in [0.15, 0.2) is 18.2 Å². The van der Waals surface area contributed by atoms with Crippen LogP contribution in [0, 0.1) is 0 Å². The molecule has 1 fully saturated rings. The highest BCUT2D eigenvalue weighted by Crippen LogP contribution is 2.34. The number of hydrogen-bond donors (Lipinski definition) is 0. The summed E-state index contributed by atoms with van der Waals surface area (Å²) in [5.74, 6) is 1.57. The molecule has 0 aliphatic carbocycles. The smallest absolute Gasteiger partial charge is 0.520 e. The van der Waals surface area contributed by atoms with Gasteiger partial charge in [-0.3, -0.25) is 0 Å². The summed E-state index contributed by atoms with van der Waals surface area (Å²) in [5.41, 5.74) is 0.976. The first-order valence-electron chi connectivity index (χ1n) is 9.45. The second kappa shape index (κ2) is 9.68. The molecule has 0 aromatic heterocycles. The molecule has 0 bridgehead atoms. The fourth-order valence-electron chi connectivity index (χ4n) is 2.95. The third kappa shape index (κ3) is 5.77. The van der Waals surface area contributed by atoms with Gasteiger partial charge in [0.15, 0.2) is 6.23 Å². The van der Waals surface area contributed by atoms with E-state index in [1.54, 1.807) is 21.3 Å². The van der Waals surface area contributed by atoms with Gasteiger partial charge in [-0.05, 0) is 31.2 Å². The van der Waals surface area contributed by atoms with Gasteiger partial charge in [0.25, 0.3) is 0 Å². The van der Waals surface area contributed by atoms with Gasteiger partial charge >= 0.3 is 17.4 Å². The molecule has 8 nitrogen and oxygen atoms in total. The van der Waals surface area contributed by atoms with E-state index < -0.39 is 17.4 Å². The second-order valence-corrected chi connectivity index (χ2v) is 13.2. The summed E-state index contributed by atoms with van der Waals surface area (Å²) >= 11 is 0. The van der Waals surface area contributed by atoms with Crippen molar-refractivity contribution in [3.05, 3.63) is 23.8 Å². The molecule has 3 rings (SSSR count). The number of fused-ring (bicyclic) bond motifs is 1. The van der Waals surface area contributed by atoms with E-state index in [2.05, 4.69) is 6.55 Å². The first-order chi connectivity index (χ1) is 13.5. The predicted octanol–water partition coefficient (Wildman–Crippen LogP) is 2.27. The van der Waals surface area contributed by atoms with E-state index in [0.29, 0.717) is 31.7 Å². The Morgan fingerprint density at radius 2 is 1.93 bits per heavy atom. The van der Waals surface area contributed by atoms with Gasteiger partial charge < -0.3 is 36.3 Å². The average Bonchev–Trinajstić information content (AvgIpc) is 3.54. The lowest BCUT2D eigenvalue weighted by atomic mass is 10.2. The minimum atomic E-state index is -2.78. The largest absolute Gasteiger partial charge is 0.539 e. The standard InChI is InChI=1S/C18H30O8Si2/c1-19-28(20-2,21-3)14-24-16-6-7-18-15(10-16)11-25-27(4,26-18)9-5-8-22-12-17-13-23-17/h6-7,10,17H,5,8-9,11-14H2,1-4H3. The third-order valence-electron chi connectivity index (χ3n) is 4.87. The molecule has 0 N–H and O–H groups in total. The Bertz CT molecular complexity index is 630. The Morgan fingerprint density at radius 1 is 1.18 bits per heavy atom. The van der Waals surface area contributed by atoms with Crippen molar-refractivity contribution < 1.29 is 36.3 Å². The number of epoxide rings is 1. The van der Waals surface area contributed by atoms with Crippen molar-refractivity contribution in [1.29, 1.82) is 0 Å². The summed E-state index contributed by atoms with van der Waals surface area (Å²) in [5, 5.41) is 0. The first-order valence-corrected chi connectivity index (χ1v) is 13.9. The average molecular weight is 431 g/mol. The van der Waals surface area contributed by atoms with Crippen LogP contribution in [0.25, 0.3) is 0 Å². The minimum absolute atomic E-state index is 0.232. The monoisotopic (exact) mass is 430 g/mol. The lowest BCUT2D eigenvalue weighted by Gasteiger charge is -2.33. The number of rotatable bonds is 12. The van der Waals surface area contributed by atoms with Gasteiger partial charge in [-0.15, -0.1) is 0 Å². The maximum Gasteiger partial charge on any atom is 0.539 e. The molecule has 1 saturated heterocycles. The van der Waals surface area contributed by atoms with Gasteiger partial charge in [-0.25, -0.2) is 0 Å². The van der Waals surface area contributed by atoms with Crippen LogP contribution in [0.1, 0.15) is 12.0 Å². The minimum Gasteiger partial charge on any atom is -0.520 e. The molecule has 158 valence electrons. The van der Waals surface area contributed by atoms with E-state index in [4.69, 9.17) is 36.3 Å². The van der Waals surface area contributed by atoms with Crippen molar-refractivity contribution in [1.82, 2.24) is 0 Å². The van der Waals surface area contributed by atoms with Crippen LogP contribution in [-0.2, 0) is 33.8 Å². The van der Waals surface area contributed by atoms with Crippen LogP contribution in [-0.4, -0.2) is 70.8 Å². The highest BCUT2D eigenvalue weighted by molar-refractivity contribution is 6.67. The van der Waals surface area contributed by atoms with Crippen LogP contribution in [0.2, 0.25) is 12.6 Å². The van der Waals surface area contributed by atoms with Gasteiger partial charge in [0.05, 0.1) is 19.8 Å². The SMILES string of the molecule is CO[Si](COc1ccc2c(c1)CO[Si](C)(CCCOCC1CO1)O2)(OC)OC. The molecule has 0 saturated carbocycles. The first kappa shape index (κ1) is 21.7. The number of ether oxygens (including phenoxy) is 3. The Morgan fingerprint density at radius 3 is 2.61 bits per heavy atom. The van der Waals surface area contributed by atoms with Crippen LogP contribution in [0.5, 0.6) is 11.5 Å². The van der Waals surface area contributed by atoms with Crippen LogP contribution in [0.4, 0.5) is 0 Å². The highest BCUT2D eigenvalue weighted by atomic mass is 28.4. The zero-order valence-electron chi connectivity index (χ0n) is 17.0. The predicted molar refractivity (Wildman–Crippen MR) is 106 cm³/mol. The summed E-state index contributed by atoms with van der Waals surface area (Å²) < 4.78 is 45.1. The van der Waals surface area contributed by atoms with E-state index >= 15 is 0 Å². The van der Waals surface area contributed by atoms with Crippen molar-refractivity contribution in [3.63, 3.8) is 0 Å². The van der Waals surface area contributed by atoms with E-state index in [0.717, 1.165) is 30.4 Å². The van der Waals surface area contributed by atoms with Gasteiger partial charge in [-0.2, -0.15) is 0 Å². The van der Waals surface area contributed by atoms with Crippen molar-refractivity contribution >= 4 is 17.4 Å². The summed E-state index contributed by atoms with van der Waals surface area (Å²) in [6.45, 7) is 4.84. The van der Waals surface area contributed by atoms with E-state index in [1.807, 2.05) is 18.2 Å². The number of benzene rings is 1. The van der Waals surface area contributed by atoms with Crippen molar-refractivity contribution in [2.24, 2.45) is 0 Å². The molecular weight excluding hydrogens is 400 g/mol. The molecule has 1 aromatic rings. The normalized spacial score (nSPS) is 23.8. The van der Waals surface area contributed by atoms with Gasteiger partial charge in [-0.1, -0.05) is 0 Å². The molecule has 2 heterocycles. The Kier molecular flexibility index (Phi) is 7.50. The Balaban J connectivity index is 1.50. The summed E-state index contributed by atoms with van der Waals surface area (Å²) in [7, 11) is -0.331. The maximum atomic E-state index is 6.24. The molecule has 28 heavy (non-hydrogen) atoms. The Hall–Kier alpha value is -0.986. The molecule has 2 aliphatic heterocycles. The summed E-state index contributed by atoms with van der Waals surface area (Å²) in [4.78, 5) is 0.